The molecule has 1 unspecified atom stereocenters. The largest absolute Gasteiger partial charge is 0.356 e. The van der Waals surface area contributed by atoms with Crippen molar-refractivity contribution in [2.75, 3.05) is 13.2 Å². The molecule has 1 heterocycles. The molecule has 0 aromatic carbocycles. The van der Waals surface area contributed by atoms with Crippen molar-refractivity contribution in [3.63, 3.8) is 0 Å². The van der Waals surface area contributed by atoms with Gasteiger partial charge in [0.1, 0.15) is 0 Å². The highest BCUT2D eigenvalue weighted by atomic mass is 16.5. The van der Waals surface area contributed by atoms with Crippen LogP contribution in [0.3, 0.4) is 0 Å². The van der Waals surface area contributed by atoms with Crippen molar-refractivity contribution in [3.8, 4) is 0 Å². The second kappa shape index (κ2) is 3.58. The molecule has 1 fully saturated rings. The fourth-order valence-corrected chi connectivity index (χ4v) is 0.828. The molecule has 0 amide bonds. The predicted molar refractivity (Wildman–Crippen MR) is 33.0 cm³/mol. The van der Waals surface area contributed by atoms with Gasteiger partial charge < -0.3 is 4.74 Å². The predicted octanol–water partition coefficient (Wildman–Crippen LogP) is -0.0886. The quantitative estimate of drug-likeness (QED) is 0.503. The van der Waals surface area contributed by atoms with Crippen LogP contribution in [0.1, 0.15) is 12.8 Å². The lowest BCUT2D eigenvalue weighted by atomic mass is 10.3. The van der Waals surface area contributed by atoms with Crippen molar-refractivity contribution < 1.29 is 9.53 Å². The standard InChI is InChI=1S/C6H11NO2/c8-5-6-7-3-1-2-4-9-6/h5-7H,1-4H2. The Morgan fingerprint density at radius 2 is 2.44 bits per heavy atom. The van der Waals surface area contributed by atoms with E-state index in [-0.39, 0.29) is 6.23 Å². The van der Waals surface area contributed by atoms with E-state index in [0.717, 1.165) is 25.7 Å². The van der Waals surface area contributed by atoms with Crippen LogP contribution in [0.5, 0.6) is 0 Å². The number of carbonyl (C=O) groups is 1. The SMILES string of the molecule is O=CC1NCCCCO1. The van der Waals surface area contributed by atoms with Crippen LogP contribution in [0.25, 0.3) is 0 Å². The minimum Gasteiger partial charge on any atom is -0.356 e. The third kappa shape index (κ3) is 2.11. The van der Waals surface area contributed by atoms with E-state index in [1.54, 1.807) is 0 Å². The Bertz CT molecular complexity index is 87.1. The molecule has 0 bridgehead atoms. The van der Waals surface area contributed by atoms with Crippen LogP contribution in [0.15, 0.2) is 0 Å². The number of ether oxygens (including phenoxy) is 1. The van der Waals surface area contributed by atoms with Gasteiger partial charge in [-0.2, -0.15) is 0 Å². The molecule has 0 radical (unpaired) electrons. The van der Waals surface area contributed by atoms with E-state index >= 15 is 0 Å². The van der Waals surface area contributed by atoms with Gasteiger partial charge in [-0.1, -0.05) is 0 Å². The molecule has 1 rings (SSSR count). The Hall–Kier alpha value is -0.410. The number of aldehydes is 1. The summed E-state index contributed by atoms with van der Waals surface area (Å²) in [6.45, 7) is 1.60. The van der Waals surface area contributed by atoms with Gasteiger partial charge >= 0.3 is 0 Å². The van der Waals surface area contributed by atoms with Gasteiger partial charge in [0.05, 0.1) is 0 Å². The van der Waals surface area contributed by atoms with E-state index in [1.165, 1.54) is 0 Å². The summed E-state index contributed by atoms with van der Waals surface area (Å²) in [6, 6.07) is 0. The fourth-order valence-electron chi connectivity index (χ4n) is 0.828. The molecular formula is C6H11NO2. The number of rotatable bonds is 1. The molecule has 1 N–H and O–H groups in total. The van der Waals surface area contributed by atoms with Crippen molar-refractivity contribution in [1.29, 1.82) is 0 Å². The maximum absolute atomic E-state index is 10.1. The van der Waals surface area contributed by atoms with Gasteiger partial charge in [-0.15, -0.1) is 0 Å². The van der Waals surface area contributed by atoms with Crippen LogP contribution >= 0.6 is 0 Å². The summed E-state index contributed by atoms with van der Waals surface area (Å²) < 4.78 is 5.07. The van der Waals surface area contributed by atoms with Crippen molar-refractivity contribution >= 4 is 6.29 Å². The first kappa shape index (κ1) is 6.71. The highest BCUT2D eigenvalue weighted by Gasteiger charge is 2.08. The minimum absolute atomic E-state index is 0.354. The third-order valence-electron chi connectivity index (χ3n) is 1.34. The Labute approximate surface area is 54.4 Å². The Morgan fingerprint density at radius 3 is 3.22 bits per heavy atom. The molecule has 0 saturated carbocycles. The van der Waals surface area contributed by atoms with E-state index in [9.17, 15) is 4.79 Å². The Morgan fingerprint density at radius 1 is 1.56 bits per heavy atom. The van der Waals surface area contributed by atoms with Crippen LogP contribution in [-0.2, 0) is 9.53 Å². The maximum atomic E-state index is 10.1. The topological polar surface area (TPSA) is 38.3 Å². The molecule has 3 nitrogen and oxygen atoms in total. The molecule has 1 atom stereocenters. The molecule has 1 aliphatic rings. The van der Waals surface area contributed by atoms with Crippen molar-refractivity contribution in [3.05, 3.63) is 0 Å². The minimum atomic E-state index is -0.354. The van der Waals surface area contributed by atoms with Gasteiger partial charge in [0.25, 0.3) is 0 Å². The summed E-state index contributed by atoms with van der Waals surface area (Å²) >= 11 is 0. The highest BCUT2D eigenvalue weighted by Crippen LogP contribution is 1.96. The average Bonchev–Trinajstić information content (AvgIpc) is 2.13. The van der Waals surface area contributed by atoms with Gasteiger partial charge in [0.15, 0.2) is 12.5 Å². The van der Waals surface area contributed by atoms with Gasteiger partial charge in [-0.05, 0) is 19.4 Å². The molecule has 1 aliphatic heterocycles. The first-order chi connectivity index (χ1) is 4.43. The number of carbonyl (C=O) groups excluding carboxylic acids is 1. The van der Waals surface area contributed by atoms with E-state index in [2.05, 4.69) is 5.32 Å². The average molecular weight is 129 g/mol. The van der Waals surface area contributed by atoms with Crippen molar-refractivity contribution in [2.24, 2.45) is 0 Å². The molecule has 9 heavy (non-hydrogen) atoms. The fraction of sp³-hybridized carbons (Fsp3) is 0.833. The zero-order valence-electron chi connectivity index (χ0n) is 5.30. The van der Waals surface area contributed by atoms with Gasteiger partial charge in [0, 0.05) is 6.61 Å². The van der Waals surface area contributed by atoms with Gasteiger partial charge in [0.2, 0.25) is 0 Å². The van der Waals surface area contributed by atoms with Gasteiger partial charge in [-0.3, -0.25) is 10.1 Å². The first-order valence-corrected chi connectivity index (χ1v) is 3.24. The molecule has 3 heteroatoms. The Balaban J connectivity index is 2.26. The van der Waals surface area contributed by atoms with E-state index in [1.807, 2.05) is 0 Å². The Kier molecular flexibility index (Phi) is 2.67. The zero-order valence-corrected chi connectivity index (χ0v) is 5.30. The first-order valence-electron chi connectivity index (χ1n) is 3.24. The summed E-state index contributed by atoms with van der Waals surface area (Å²) in [5.41, 5.74) is 0. The van der Waals surface area contributed by atoms with E-state index < -0.39 is 0 Å². The molecule has 1 saturated heterocycles. The van der Waals surface area contributed by atoms with Crippen LogP contribution in [-0.4, -0.2) is 25.7 Å². The molecule has 0 aliphatic carbocycles. The summed E-state index contributed by atoms with van der Waals surface area (Å²) in [5.74, 6) is 0. The van der Waals surface area contributed by atoms with Crippen LogP contribution in [0, 0.1) is 0 Å². The normalized spacial score (nSPS) is 29.1. The van der Waals surface area contributed by atoms with Crippen molar-refractivity contribution in [2.45, 2.75) is 19.1 Å². The number of hydrogen-bond acceptors (Lipinski definition) is 3. The highest BCUT2D eigenvalue weighted by molar-refractivity contribution is 5.55. The van der Waals surface area contributed by atoms with Crippen LogP contribution in [0.4, 0.5) is 0 Å². The molecule has 0 aromatic rings. The van der Waals surface area contributed by atoms with Gasteiger partial charge in [-0.25, -0.2) is 0 Å². The monoisotopic (exact) mass is 129 g/mol. The maximum Gasteiger partial charge on any atom is 0.164 e. The van der Waals surface area contributed by atoms with Crippen molar-refractivity contribution in [1.82, 2.24) is 5.32 Å². The number of hydrogen-bond donors (Lipinski definition) is 1. The van der Waals surface area contributed by atoms with E-state index in [4.69, 9.17) is 4.74 Å². The zero-order chi connectivity index (χ0) is 6.53. The lowest BCUT2D eigenvalue weighted by molar-refractivity contribution is -0.119. The molecular weight excluding hydrogens is 118 g/mol. The molecule has 0 spiro atoms. The lowest BCUT2D eigenvalue weighted by Crippen LogP contribution is -2.31. The second-order valence-corrected chi connectivity index (χ2v) is 2.09. The number of nitrogens with one attached hydrogen (secondary N) is 1. The van der Waals surface area contributed by atoms with Crippen LogP contribution in [0.2, 0.25) is 0 Å². The van der Waals surface area contributed by atoms with E-state index in [0.29, 0.717) is 6.61 Å². The summed E-state index contributed by atoms with van der Waals surface area (Å²) in [7, 11) is 0. The smallest absolute Gasteiger partial charge is 0.164 e. The second-order valence-electron chi connectivity index (χ2n) is 2.09. The summed E-state index contributed by atoms with van der Waals surface area (Å²) in [5, 5.41) is 2.94. The van der Waals surface area contributed by atoms with Crippen LogP contribution < -0.4 is 5.32 Å². The third-order valence-corrected chi connectivity index (χ3v) is 1.34. The summed E-state index contributed by atoms with van der Waals surface area (Å²) in [6.07, 6.45) is 2.60. The summed E-state index contributed by atoms with van der Waals surface area (Å²) in [4.78, 5) is 10.1. The molecule has 52 valence electrons. The molecule has 0 aromatic heterocycles. The lowest BCUT2D eigenvalue weighted by Gasteiger charge is -2.06.